The molecular weight excluding hydrogens is 240 g/mol. The molecular formula is C14H24N4O. The number of aromatic nitrogens is 1. The van der Waals surface area contributed by atoms with Crippen molar-refractivity contribution in [3.63, 3.8) is 0 Å². The molecule has 0 spiro atoms. The standard InChI is InChI=1S/C14H24N4O/c1-14(7-4-5-8-14)11-16-13(15-2)18(3)10-12-6-9-19-17-12/h6,9H,4-5,7-8,10-11H2,1-3H3,(H,15,16). The Labute approximate surface area is 115 Å². The first-order chi connectivity index (χ1) is 9.13. The summed E-state index contributed by atoms with van der Waals surface area (Å²) in [5, 5.41) is 7.41. The summed E-state index contributed by atoms with van der Waals surface area (Å²) >= 11 is 0. The Kier molecular flexibility index (Phi) is 4.45. The minimum absolute atomic E-state index is 0.421. The van der Waals surface area contributed by atoms with Gasteiger partial charge in [0.1, 0.15) is 12.0 Å². The van der Waals surface area contributed by atoms with Gasteiger partial charge < -0.3 is 14.7 Å². The Morgan fingerprint density at radius 3 is 2.84 bits per heavy atom. The number of hydrogen-bond donors (Lipinski definition) is 1. The molecule has 0 bridgehead atoms. The number of nitrogens with zero attached hydrogens (tertiary/aromatic N) is 3. The molecule has 1 N–H and O–H groups in total. The van der Waals surface area contributed by atoms with Gasteiger partial charge >= 0.3 is 0 Å². The van der Waals surface area contributed by atoms with E-state index in [9.17, 15) is 0 Å². The van der Waals surface area contributed by atoms with Crippen LogP contribution in [0.1, 0.15) is 38.3 Å². The highest BCUT2D eigenvalue weighted by Crippen LogP contribution is 2.36. The number of aliphatic imine (C=N–C) groups is 1. The van der Waals surface area contributed by atoms with E-state index in [0.717, 1.165) is 18.2 Å². The molecule has 2 rings (SSSR count). The van der Waals surface area contributed by atoms with Crippen LogP contribution in [0.2, 0.25) is 0 Å². The van der Waals surface area contributed by atoms with Crippen LogP contribution < -0.4 is 5.32 Å². The lowest BCUT2D eigenvalue weighted by Crippen LogP contribution is -2.42. The molecule has 19 heavy (non-hydrogen) atoms. The van der Waals surface area contributed by atoms with Crippen LogP contribution in [-0.4, -0.2) is 36.7 Å². The number of guanidine groups is 1. The molecule has 1 saturated carbocycles. The highest BCUT2D eigenvalue weighted by Gasteiger charge is 2.28. The smallest absolute Gasteiger partial charge is 0.193 e. The Bertz CT molecular complexity index is 407. The number of nitrogens with one attached hydrogen (secondary N) is 1. The average Bonchev–Trinajstić information content (AvgIpc) is 3.02. The summed E-state index contributed by atoms with van der Waals surface area (Å²) in [6, 6.07) is 1.88. The van der Waals surface area contributed by atoms with E-state index in [-0.39, 0.29) is 0 Å². The highest BCUT2D eigenvalue weighted by atomic mass is 16.5. The third-order valence-corrected chi connectivity index (χ3v) is 3.95. The number of rotatable bonds is 4. The van der Waals surface area contributed by atoms with Gasteiger partial charge in [0.15, 0.2) is 5.96 Å². The van der Waals surface area contributed by atoms with Crippen molar-refractivity contribution >= 4 is 5.96 Å². The molecule has 5 nitrogen and oxygen atoms in total. The Hall–Kier alpha value is -1.52. The predicted molar refractivity (Wildman–Crippen MR) is 75.9 cm³/mol. The Morgan fingerprint density at radius 1 is 1.53 bits per heavy atom. The van der Waals surface area contributed by atoms with E-state index in [1.165, 1.54) is 25.7 Å². The van der Waals surface area contributed by atoms with Crippen molar-refractivity contribution in [3.05, 3.63) is 18.0 Å². The Balaban J connectivity index is 1.85. The SMILES string of the molecule is CN=C(NCC1(C)CCCC1)N(C)Cc1ccon1. The first-order valence-corrected chi connectivity index (χ1v) is 6.94. The maximum Gasteiger partial charge on any atom is 0.193 e. The first kappa shape index (κ1) is 13.9. The molecule has 1 aromatic heterocycles. The first-order valence-electron chi connectivity index (χ1n) is 6.94. The zero-order chi connectivity index (χ0) is 13.7. The molecule has 0 amide bonds. The Morgan fingerprint density at radius 2 is 2.26 bits per heavy atom. The van der Waals surface area contributed by atoms with Crippen LogP contribution in [0.4, 0.5) is 0 Å². The maximum atomic E-state index is 4.85. The molecule has 1 aromatic rings. The minimum Gasteiger partial charge on any atom is -0.364 e. The van der Waals surface area contributed by atoms with Crippen LogP contribution in [0.25, 0.3) is 0 Å². The van der Waals surface area contributed by atoms with Crippen LogP contribution in [0.3, 0.4) is 0 Å². The van der Waals surface area contributed by atoms with E-state index < -0.39 is 0 Å². The van der Waals surface area contributed by atoms with E-state index in [1.54, 1.807) is 6.26 Å². The van der Waals surface area contributed by atoms with Crippen molar-refractivity contribution in [2.45, 2.75) is 39.2 Å². The van der Waals surface area contributed by atoms with Crippen molar-refractivity contribution in [1.29, 1.82) is 0 Å². The van der Waals surface area contributed by atoms with Gasteiger partial charge in [-0.15, -0.1) is 0 Å². The van der Waals surface area contributed by atoms with Crippen molar-refractivity contribution in [2.24, 2.45) is 10.4 Å². The fourth-order valence-electron chi connectivity index (χ4n) is 2.72. The third-order valence-electron chi connectivity index (χ3n) is 3.95. The quantitative estimate of drug-likeness (QED) is 0.669. The summed E-state index contributed by atoms with van der Waals surface area (Å²) in [4.78, 5) is 6.40. The molecule has 0 aliphatic heterocycles. The zero-order valence-electron chi connectivity index (χ0n) is 12.1. The molecule has 0 aromatic carbocycles. The van der Waals surface area contributed by atoms with E-state index >= 15 is 0 Å². The van der Waals surface area contributed by atoms with Gasteiger partial charge in [-0.1, -0.05) is 24.9 Å². The van der Waals surface area contributed by atoms with Gasteiger partial charge in [-0.3, -0.25) is 4.99 Å². The van der Waals surface area contributed by atoms with Crippen molar-refractivity contribution in [3.8, 4) is 0 Å². The van der Waals surface area contributed by atoms with Gasteiger partial charge in [0.25, 0.3) is 0 Å². The van der Waals surface area contributed by atoms with Crippen molar-refractivity contribution < 1.29 is 4.52 Å². The van der Waals surface area contributed by atoms with Crippen molar-refractivity contribution in [1.82, 2.24) is 15.4 Å². The van der Waals surface area contributed by atoms with Gasteiger partial charge in [0, 0.05) is 26.7 Å². The second kappa shape index (κ2) is 6.08. The van der Waals surface area contributed by atoms with E-state index in [4.69, 9.17) is 4.52 Å². The predicted octanol–water partition coefficient (Wildman–Crippen LogP) is 2.26. The highest BCUT2D eigenvalue weighted by molar-refractivity contribution is 5.79. The minimum atomic E-state index is 0.421. The van der Waals surface area contributed by atoms with E-state index in [0.29, 0.717) is 12.0 Å². The summed E-state index contributed by atoms with van der Waals surface area (Å²) < 4.78 is 4.85. The summed E-state index contributed by atoms with van der Waals surface area (Å²) in [7, 11) is 3.83. The molecule has 1 aliphatic carbocycles. The summed E-state index contributed by atoms with van der Waals surface area (Å²) in [6.07, 6.45) is 6.92. The van der Waals surface area contributed by atoms with Crippen LogP contribution in [0, 0.1) is 5.41 Å². The van der Waals surface area contributed by atoms with Crippen LogP contribution >= 0.6 is 0 Å². The van der Waals surface area contributed by atoms with Gasteiger partial charge in [0.2, 0.25) is 0 Å². The fourth-order valence-corrected chi connectivity index (χ4v) is 2.72. The molecule has 0 atom stereocenters. The summed E-state index contributed by atoms with van der Waals surface area (Å²) in [5.41, 5.74) is 1.34. The lowest BCUT2D eigenvalue weighted by atomic mass is 9.89. The van der Waals surface area contributed by atoms with Crippen LogP contribution in [0.5, 0.6) is 0 Å². The van der Waals surface area contributed by atoms with Gasteiger partial charge in [0.05, 0.1) is 6.54 Å². The number of hydrogen-bond acceptors (Lipinski definition) is 3. The summed E-state index contributed by atoms with van der Waals surface area (Å²) in [6.45, 7) is 4.05. The molecule has 5 heteroatoms. The second-order valence-electron chi connectivity index (χ2n) is 5.77. The molecule has 0 radical (unpaired) electrons. The van der Waals surface area contributed by atoms with E-state index in [2.05, 4.69) is 27.3 Å². The largest absolute Gasteiger partial charge is 0.364 e. The molecule has 106 valence electrons. The van der Waals surface area contributed by atoms with Gasteiger partial charge in [-0.05, 0) is 18.3 Å². The molecule has 1 heterocycles. The lowest BCUT2D eigenvalue weighted by molar-refractivity contribution is 0.325. The average molecular weight is 264 g/mol. The second-order valence-corrected chi connectivity index (χ2v) is 5.77. The van der Waals surface area contributed by atoms with Gasteiger partial charge in [-0.25, -0.2) is 0 Å². The summed E-state index contributed by atoms with van der Waals surface area (Å²) in [5.74, 6) is 0.913. The van der Waals surface area contributed by atoms with Crippen LogP contribution in [-0.2, 0) is 6.54 Å². The molecule has 0 saturated heterocycles. The third kappa shape index (κ3) is 3.72. The fraction of sp³-hybridized carbons (Fsp3) is 0.714. The zero-order valence-corrected chi connectivity index (χ0v) is 12.1. The van der Waals surface area contributed by atoms with Crippen LogP contribution in [0.15, 0.2) is 21.8 Å². The molecule has 1 aliphatic rings. The topological polar surface area (TPSA) is 53.7 Å². The normalized spacial score (nSPS) is 18.6. The van der Waals surface area contributed by atoms with E-state index in [1.807, 2.05) is 20.2 Å². The maximum absolute atomic E-state index is 4.85. The monoisotopic (exact) mass is 264 g/mol. The van der Waals surface area contributed by atoms with Crippen molar-refractivity contribution in [2.75, 3.05) is 20.6 Å². The molecule has 0 unspecified atom stereocenters. The van der Waals surface area contributed by atoms with Gasteiger partial charge in [-0.2, -0.15) is 0 Å². The lowest BCUT2D eigenvalue weighted by Gasteiger charge is -2.28. The molecule has 1 fully saturated rings.